The Hall–Kier alpha value is -3.58. The Labute approximate surface area is 165 Å². The van der Waals surface area contributed by atoms with Crippen molar-refractivity contribution in [3.05, 3.63) is 76.5 Å². The summed E-state index contributed by atoms with van der Waals surface area (Å²) >= 11 is 1.37. The van der Waals surface area contributed by atoms with Crippen LogP contribution in [0.1, 0.15) is 15.2 Å². The maximum atomic E-state index is 12.2. The molecule has 7 heteroatoms. The molecule has 1 aromatic heterocycles. The number of rotatable bonds is 5. The number of fused-ring (bicyclic) bond motifs is 1. The predicted octanol–water partition coefficient (Wildman–Crippen LogP) is 4.38. The van der Waals surface area contributed by atoms with E-state index in [0.29, 0.717) is 27.8 Å². The molecule has 28 heavy (non-hydrogen) atoms. The van der Waals surface area contributed by atoms with Gasteiger partial charge in [0.05, 0.1) is 4.88 Å². The molecule has 0 radical (unpaired) electrons. The number of hydrogen-bond acceptors (Lipinski definition) is 5. The molecular weight excluding hydrogens is 376 g/mol. The largest absolute Gasteiger partial charge is 0.454 e. The van der Waals surface area contributed by atoms with Crippen LogP contribution >= 0.6 is 11.3 Å². The van der Waals surface area contributed by atoms with Crippen LogP contribution in [0.3, 0.4) is 0 Å². The van der Waals surface area contributed by atoms with E-state index in [1.807, 2.05) is 23.6 Å². The van der Waals surface area contributed by atoms with E-state index in [0.717, 1.165) is 5.56 Å². The smallest absolute Gasteiger partial charge is 0.265 e. The van der Waals surface area contributed by atoms with Gasteiger partial charge in [-0.1, -0.05) is 18.2 Å². The van der Waals surface area contributed by atoms with Crippen molar-refractivity contribution in [2.75, 3.05) is 17.4 Å². The minimum Gasteiger partial charge on any atom is -0.454 e. The van der Waals surface area contributed by atoms with Gasteiger partial charge in [0.15, 0.2) is 11.5 Å². The van der Waals surface area contributed by atoms with Crippen molar-refractivity contribution >= 4 is 40.6 Å². The van der Waals surface area contributed by atoms with Gasteiger partial charge in [0, 0.05) is 17.5 Å². The number of amides is 2. The summed E-state index contributed by atoms with van der Waals surface area (Å²) < 4.78 is 10.6. The lowest BCUT2D eigenvalue weighted by Gasteiger charge is -2.07. The Morgan fingerprint density at radius 1 is 0.929 bits per heavy atom. The SMILES string of the molecule is O=C(/C=C/c1ccc2c(c1)OCO2)Nc1cccc(NC(=O)c2cccs2)c1. The molecule has 2 N–H and O–H groups in total. The molecule has 0 atom stereocenters. The summed E-state index contributed by atoms with van der Waals surface area (Å²) in [5.74, 6) is 0.903. The third-order valence-corrected chi connectivity index (χ3v) is 4.83. The van der Waals surface area contributed by atoms with Crippen LogP contribution in [0.25, 0.3) is 6.08 Å². The molecule has 6 nitrogen and oxygen atoms in total. The standard InChI is InChI=1S/C21H16N2O4S/c24-20(9-7-14-6-8-17-18(11-14)27-13-26-17)22-15-3-1-4-16(12-15)23-21(25)19-5-2-10-28-19/h1-12H,13H2,(H,22,24)(H,23,25)/b9-7+. The highest BCUT2D eigenvalue weighted by molar-refractivity contribution is 7.12. The van der Waals surface area contributed by atoms with Gasteiger partial charge < -0.3 is 20.1 Å². The second kappa shape index (κ2) is 7.98. The van der Waals surface area contributed by atoms with E-state index in [1.165, 1.54) is 17.4 Å². The Morgan fingerprint density at radius 3 is 2.57 bits per heavy atom. The zero-order valence-corrected chi connectivity index (χ0v) is 15.5. The van der Waals surface area contributed by atoms with E-state index < -0.39 is 0 Å². The van der Waals surface area contributed by atoms with Gasteiger partial charge in [-0.25, -0.2) is 0 Å². The first-order chi connectivity index (χ1) is 13.7. The van der Waals surface area contributed by atoms with E-state index >= 15 is 0 Å². The summed E-state index contributed by atoms with van der Waals surface area (Å²) in [4.78, 5) is 25.0. The second-order valence-electron chi connectivity index (χ2n) is 5.95. The minimum atomic E-state index is -0.278. The van der Waals surface area contributed by atoms with Gasteiger partial charge in [-0.05, 0) is 53.4 Å². The molecule has 0 unspecified atom stereocenters. The molecule has 0 aliphatic carbocycles. The fourth-order valence-corrected chi connectivity index (χ4v) is 3.27. The molecule has 140 valence electrons. The first-order valence-corrected chi connectivity index (χ1v) is 9.39. The number of nitrogens with one attached hydrogen (secondary N) is 2. The van der Waals surface area contributed by atoms with Crippen LogP contribution in [0.4, 0.5) is 11.4 Å². The highest BCUT2D eigenvalue weighted by Crippen LogP contribution is 2.32. The van der Waals surface area contributed by atoms with E-state index in [2.05, 4.69) is 10.6 Å². The number of ether oxygens (including phenoxy) is 2. The maximum absolute atomic E-state index is 12.2. The zero-order chi connectivity index (χ0) is 19.3. The molecule has 1 aliphatic heterocycles. The molecule has 0 fully saturated rings. The summed E-state index contributed by atoms with van der Waals surface area (Å²) in [7, 11) is 0. The van der Waals surface area contributed by atoms with Crippen LogP contribution in [-0.2, 0) is 4.79 Å². The van der Waals surface area contributed by atoms with Crippen molar-refractivity contribution in [3.63, 3.8) is 0 Å². The summed E-state index contributed by atoms with van der Waals surface area (Å²) in [5, 5.41) is 7.44. The summed E-state index contributed by atoms with van der Waals surface area (Å²) in [6.45, 7) is 0.211. The van der Waals surface area contributed by atoms with Crippen molar-refractivity contribution in [2.24, 2.45) is 0 Å². The quantitative estimate of drug-likeness (QED) is 0.632. The topological polar surface area (TPSA) is 76.7 Å². The van der Waals surface area contributed by atoms with Gasteiger partial charge in [0.25, 0.3) is 5.91 Å². The average molecular weight is 392 g/mol. The fraction of sp³-hybridized carbons (Fsp3) is 0.0476. The number of thiophene rings is 1. The zero-order valence-electron chi connectivity index (χ0n) is 14.7. The molecule has 0 bridgehead atoms. The third kappa shape index (κ3) is 4.21. The van der Waals surface area contributed by atoms with Crippen LogP contribution in [0.5, 0.6) is 11.5 Å². The molecule has 2 heterocycles. The lowest BCUT2D eigenvalue weighted by atomic mass is 10.2. The van der Waals surface area contributed by atoms with Crippen molar-refractivity contribution in [3.8, 4) is 11.5 Å². The summed E-state index contributed by atoms with van der Waals surface area (Å²) in [5.41, 5.74) is 2.02. The number of anilines is 2. The number of hydrogen-bond donors (Lipinski definition) is 2. The molecule has 2 aromatic carbocycles. The second-order valence-corrected chi connectivity index (χ2v) is 6.90. The van der Waals surface area contributed by atoms with Gasteiger partial charge in [-0.2, -0.15) is 0 Å². The van der Waals surface area contributed by atoms with Crippen molar-refractivity contribution in [1.82, 2.24) is 0 Å². The highest BCUT2D eigenvalue weighted by atomic mass is 32.1. The van der Waals surface area contributed by atoms with Gasteiger partial charge in [-0.3, -0.25) is 9.59 Å². The minimum absolute atomic E-state index is 0.179. The first kappa shape index (κ1) is 17.8. The van der Waals surface area contributed by atoms with Crippen molar-refractivity contribution in [2.45, 2.75) is 0 Å². The molecule has 4 rings (SSSR count). The van der Waals surface area contributed by atoms with E-state index in [1.54, 1.807) is 42.5 Å². The Morgan fingerprint density at radius 2 is 1.75 bits per heavy atom. The fourth-order valence-electron chi connectivity index (χ4n) is 2.65. The maximum Gasteiger partial charge on any atom is 0.265 e. The summed E-state index contributed by atoms with van der Waals surface area (Å²) in [6, 6.07) is 16.0. The van der Waals surface area contributed by atoms with E-state index in [9.17, 15) is 9.59 Å². The van der Waals surface area contributed by atoms with Gasteiger partial charge in [0.1, 0.15) is 0 Å². The average Bonchev–Trinajstić information content (AvgIpc) is 3.38. The molecule has 1 aliphatic rings. The number of benzene rings is 2. The lowest BCUT2D eigenvalue weighted by molar-refractivity contribution is -0.111. The Balaban J connectivity index is 1.38. The van der Waals surface area contributed by atoms with Gasteiger partial charge in [-0.15, -0.1) is 11.3 Å². The lowest BCUT2D eigenvalue weighted by Crippen LogP contribution is -2.11. The molecule has 0 saturated heterocycles. The Kier molecular flexibility index (Phi) is 5.07. The highest BCUT2D eigenvalue weighted by Gasteiger charge is 2.12. The van der Waals surface area contributed by atoms with Crippen molar-refractivity contribution in [1.29, 1.82) is 0 Å². The van der Waals surface area contributed by atoms with Gasteiger partial charge in [0.2, 0.25) is 12.7 Å². The van der Waals surface area contributed by atoms with Crippen LogP contribution in [-0.4, -0.2) is 18.6 Å². The molecular formula is C21H16N2O4S. The van der Waals surface area contributed by atoms with E-state index in [4.69, 9.17) is 9.47 Å². The van der Waals surface area contributed by atoms with E-state index in [-0.39, 0.29) is 18.6 Å². The first-order valence-electron chi connectivity index (χ1n) is 8.51. The molecule has 0 spiro atoms. The van der Waals surface area contributed by atoms with Crippen LogP contribution < -0.4 is 20.1 Å². The Bertz CT molecular complexity index is 1040. The number of carbonyl (C=O) groups excluding carboxylic acids is 2. The molecule has 3 aromatic rings. The van der Waals surface area contributed by atoms with Crippen LogP contribution in [0, 0.1) is 0 Å². The number of carbonyl (C=O) groups is 2. The van der Waals surface area contributed by atoms with Crippen molar-refractivity contribution < 1.29 is 19.1 Å². The van der Waals surface area contributed by atoms with Crippen LogP contribution in [0.2, 0.25) is 0 Å². The molecule has 0 saturated carbocycles. The normalized spacial score (nSPS) is 12.1. The monoisotopic (exact) mass is 392 g/mol. The van der Waals surface area contributed by atoms with Gasteiger partial charge >= 0.3 is 0 Å². The molecule has 2 amide bonds. The summed E-state index contributed by atoms with van der Waals surface area (Å²) in [6.07, 6.45) is 3.13. The predicted molar refractivity (Wildman–Crippen MR) is 109 cm³/mol. The van der Waals surface area contributed by atoms with Crippen LogP contribution in [0.15, 0.2) is 66.1 Å². The third-order valence-electron chi connectivity index (χ3n) is 3.96.